The molecule has 0 atom stereocenters. The van der Waals surface area contributed by atoms with E-state index < -0.39 is 0 Å². The third-order valence-corrected chi connectivity index (χ3v) is 2.70. The van der Waals surface area contributed by atoms with Gasteiger partial charge < -0.3 is 14.5 Å². The molecule has 0 amide bonds. The van der Waals surface area contributed by atoms with Crippen molar-refractivity contribution in [3.8, 4) is 16.9 Å². The molecule has 2 aromatic rings. The van der Waals surface area contributed by atoms with Gasteiger partial charge >= 0.3 is 5.97 Å². The SMILES string of the molecule is CCOC(=O)c1[nH]ccc1-c1ccc(OCC)cc1. The van der Waals surface area contributed by atoms with Crippen LogP contribution < -0.4 is 4.74 Å². The minimum atomic E-state index is -0.337. The molecular weight excluding hydrogens is 242 g/mol. The molecule has 4 nitrogen and oxygen atoms in total. The van der Waals surface area contributed by atoms with E-state index in [1.165, 1.54) is 0 Å². The first-order chi connectivity index (χ1) is 9.26. The molecule has 0 bridgehead atoms. The maximum absolute atomic E-state index is 11.8. The number of ether oxygens (including phenoxy) is 2. The van der Waals surface area contributed by atoms with Crippen LogP contribution in [0.5, 0.6) is 5.75 Å². The largest absolute Gasteiger partial charge is 0.494 e. The fourth-order valence-corrected chi connectivity index (χ4v) is 1.88. The molecule has 4 heteroatoms. The second-order valence-electron chi connectivity index (χ2n) is 3.94. The molecule has 1 N–H and O–H groups in total. The van der Waals surface area contributed by atoms with Crippen LogP contribution >= 0.6 is 0 Å². The lowest BCUT2D eigenvalue weighted by Gasteiger charge is -2.06. The zero-order chi connectivity index (χ0) is 13.7. The van der Waals surface area contributed by atoms with E-state index in [4.69, 9.17) is 9.47 Å². The number of carbonyl (C=O) groups excluding carboxylic acids is 1. The highest BCUT2D eigenvalue weighted by Gasteiger charge is 2.14. The molecule has 100 valence electrons. The minimum absolute atomic E-state index is 0.337. The second kappa shape index (κ2) is 6.09. The average molecular weight is 259 g/mol. The van der Waals surface area contributed by atoms with Crippen LogP contribution in [0, 0.1) is 0 Å². The normalized spacial score (nSPS) is 10.2. The van der Waals surface area contributed by atoms with Crippen molar-refractivity contribution in [1.29, 1.82) is 0 Å². The van der Waals surface area contributed by atoms with Crippen molar-refractivity contribution in [1.82, 2.24) is 4.98 Å². The Bertz CT molecular complexity index is 543. The Balaban J connectivity index is 2.26. The summed E-state index contributed by atoms with van der Waals surface area (Å²) in [6.45, 7) is 4.73. The number of H-pyrrole nitrogens is 1. The van der Waals surface area contributed by atoms with Gasteiger partial charge in [-0.2, -0.15) is 0 Å². The van der Waals surface area contributed by atoms with Crippen LogP contribution in [0.3, 0.4) is 0 Å². The van der Waals surface area contributed by atoms with Gasteiger partial charge in [0.15, 0.2) is 0 Å². The maximum Gasteiger partial charge on any atom is 0.355 e. The molecule has 2 rings (SSSR count). The van der Waals surface area contributed by atoms with E-state index in [1.54, 1.807) is 13.1 Å². The Labute approximate surface area is 112 Å². The van der Waals surface area contributed by atoms with E-state index in [-0.39, 0.29) is 5.97 Å². The molecule has 0 spiro atoms. The number of nitrogens with one attached hydrogen (secondary N) is 1. The van der Waals surface area contributed by atoms with Crippen LogP contribution in [0.15, 0.2) is 36.5 Å². The molecule has 0 saturated heterocycles. The number of benzene rings is 1. The van der Waals surface area contributed by atoms with Crippen molar-refractivity contribution in [2.24, 2.45) is 0 Å². The van der Waals surface area contributed by atoms with Crippen molar-refractivity contribution in [2.75, 3.05) is 13.2 Å². The van der Waals surface area contributed by atoms with E-state index in [2.05, 4.69) is 4.98 Å². The predicted molar refractivity (Wildman–Crippen MR) is 73.4 cm³/mol. The van der Waals surface area contributed by atoms with E-state index >= 15 is 0 Å². The van der Waals surface area contributed by atoms with Gasteiger partial charge in [0.05, 0.1) is 13.2 Å². The smallest absolute Gasteiger partial charge is 0.355 e. The molecule has 0 aliphatic carbocycles. The highest BCUT2D eigenvalue weighted by atomic mass is 16.5. The van der Waals surface area contributed by atoms with Crippen molar-refractivity contribution >= 4 is 5.97 Å². The fourth-order valence-electron chi connectivity index (χ4n) is 1.88. The highest BCUT2D eigenvalue weighted by molar-refractivity contribution is 5.95. The summed E-state index contributed by atoms with van der Waals surface area (Å²) in [5, 5.41) is 0. The summed E-state index contributed by atoms with van der Waals surface area (Å²) in [5.41, 5.74) is 2.26. The highest BCUT2D eigenvalue weighted by Crippen LogP contribution is 2.25. The van der Waals surface area contributed by atoms with Crippen molar-refractivity contribution in [3.63, 3.8) is 0 Å². The Morgan fingerprint density at radius 2 is 1.84 bits per heavy atom. The van der Waals surface area contributed by atoms with Crippen molar-refractivity contribution < 1.29 is 14.3 Å². The summed E-state index contributed by atoms with van der Waals surface area (Å²) < 4.78 is 10.4. The van der Waals surface area contributed by atoms with Crippen LogP contribution in [0.25, 0.3) is 11.1 Å². The van der Waals surface area contributed by atoms with Gasteiger partial charge in [-0.15, -0.1) is 0 Å². The maximum atomic E-state index is 11.8. The minimum Gasteiger partial charge on any atom is -0.494 e. The number of hydrogen-bond donors (Lipinski definition) is 1. The van der Waals surface area contributed by atoms with Gasteiger partial charge in [0.2, 0.25) is 0 Å². The van der Waals surface area contributed by atoms with Crippen molar-refractivity contribution in [3.05, 3.63) is 42.2 Å². The van der Waals surface area contributed by atoms with E-state index in [1.807, 2.05) is 37.3 Å². The summed E-state index contributed by atoms with van der Waals surface area (Å²) >= 11 is 0. The molecule has 19 heavy (non-hydrogen) atoms. The second-order valence-corrected chi connectivity index (χ2v) is 3.94. The van der Waals surface area contributed by atoms with E-state index in [0.29, 0.717) is 18.9 Å². The van der Waals surface area contributed by atoms with Gasteiger partial charge in [0.25, 0.3) is 0 Å². The standard InChI is InChI=1S/C15H17NO3/c1-3-18-12-7-5-11(6-8-12)13-9-10-16-14(13)15(17)19-4-2/h5-10,16H,3-4H2,1-2H3. The molecule has 0 aliphatic heterocycles. The van der Waals surface area contributed by atoms with Crippen LogP contribution in [-0.2, 0) is 4.74 Å². The van der Waals surface area contributed by atoms with E-state index in [9.17, 15) is 4.79 Å². The molecule has 1 heterocycles. The summed E-state index contributed by atoms with van der Waals surface area (Å²) in [6.07, 6.45) is 1.73. The Hall–Kier alpha value is -2.23. The molecule has 1 aromatic carbocycles. The number of carbonyl (C=O) groups is 1. The first-order valence-electron chi connectivity index (χ1n) is 6.34. The molecule has 0 fully saturated rings. The average Bonchev–Trinajstić information content (AvgIpc) is 2.89. The van der Waals surface area contributed by atoms with Crippen molar-refractivity contribution in [2.45, 2.75) is 13.8 Å². The first kappa shape index (κ1) is 13.2. The number of rotatable bonds is 5. The van der Waals surface area contributed by atoms with Crippen LogP contribution in [-0.4, -0.2) is 24.2 Å². The lowest BCUT2D eigenvalue weighted by atomic mass is 10.1. The molecule has 0 radical (unpaired) electrons. The topological polar surface area (TPSA) is 51.3 Å². The Morgan fingerprint density at radius 3 is 2.47 bits per heavy atom. The lowest BCUT2D eigenvalue weighted by molar-refractivity contribution is 0.0521. The van der Waals surface area contributed by atoms with Gasteiger partial charge in [-0.25, -0.2) is 4.79 Å². The summed E-state index contributed by atoms with van der Waals surface area (Å²) in [5.74, 6) is 0.482. The number of esters is 1. The van der Waals surface area contributed by atoms with Gasteiger partial charge in [0.1, 0.15) is 11.4 Å². The number of aromatic amines is 1. The predicted octanol–water partition coefficient (Wildman–Crippen LogP) is 3.26. The molecule has 0 aliphatic rings. The summed E-state index contributed by atoms with van der Waals surface area (Å²) in [4.78, 5) is 14.7. The molecular formula is C15H17NO3. The quantitative estimate of drug-likeness (QED) is 0.838. The van der Waals surface area contributed by atoms with Gasteiger partial charge in [-0.05, 0) is 37.6 Å². The number of aromatic nitrogens is 1. The van der Waals surface area contributed by atoms with Gasteiger partial charge in [-0.1, -0.05) is 12.1 Å². The third-order valence-electron chi connectivity index (χ3n) is 2.70. The molecule has 0 saturated carbocycles. The third kappa shape index (κ3) is 2.96. The Kier molecular flexibility index (Phi) is 4.23. The zero-order valence-corrected chi connectivity index (χ0v) is 11.1. The van der Waals surface area contributed by atoms with Crippen LogP contribution in [0.4, 0.5) is 0 Å². The van der Waals surface area contributed by atoms with Gasteiger partial charge in [0, 0.05) is 11.8 Å². The van der Waals surface area contributed by atoms with E-state index in [0.717, 1.165) is 16.9 Å². The number of hydrogen-bond acceptors (Lipinski definition) is 3. The summed E-state index contributed by atoms with van der Waals surface area (Å²) in [6, 6.07) is 9.50. The fraction of sp³-hybridized carbons (Fsp3) is 0.267. The first-order valence-corrected chi connectivity index (χ1v) is 6.34. The molecule has 0 unspecified atom stereocenters. The van der Waals surface area contributed by atoms with Gasteiger partial charge in [-0.3, -0.25) is 0 Å². The Morgan fingerprint density at radius 1 is 1.11 bits per heavy atom. The summed E-state index contributed by atoms with van der Waals surface area (Å²) in [7, 11) is 0. The van der Waals surface area contributed by atoms with Crippen LogP contribution in [0.2, 0.25) is 0 Å². The lowest BCUT2D eigenvalue weighted by Crippen LogP contribution is -2.06. The zero-order valence-electron chi connectivity index (χ0n) is 11.1. The molecule has 1 aromatic heterocycles. The monoisotopic (exact) mass is 259 g/mol. The van der Waals surface area contributed by atoms with Crippen LogP contribution in [0.1, 0.15) is 24.3 Å².